The quantitative estimate of drug-likeness (QED) is 0.848. The molecule has 0 aliphatic heterocycles. The molecule has 3 nitrogen and oxygen atoms in total. The Morgan fingerprint density at radius 2 is 2.10 bits per heavy atom. The number of fused-ring (bicyclic) bond motifs is 1. The fourth-order valence-corrected chi connectivity index (χ4v) is 2.84. The molecule has 0 radical (unpaired) electrons. The van der Waals surface area contributed by atoms with E-state index in [1.165, 1.54) is 5.56 Å². The zero-order chi connectivity index (χ0) is 14.5. The average Bonchev–Trinajstić information content (AvgIpc) is 2.45. The van der Waals surface area contributed by atoms with Gasteiger partial charge in [-0.2, -0.15) is 0 Å². The first kappa shape index (κ1) is 15.4. The molecule has 0 spiro atoms. The lowest BCUT2D eigenvalue weighted by Gasteiger charge is -2.22. The number of pyridine rings is 1. The summed E-state index contributed by atoms with van der Waals surface area (Å²) in [7, 11) is 0. The highest BCUT2D eigenvalue weighted by Crippen LogP contribution is 2.25. The second-order valence-electron chi connectivity index (χ2n) is 5.35. The van der Waals surface area contributed by atoms with E-state index in [-0.39, 0.29) is 6.61 Å². The molecule has 108 valence electrons. The van der Waals surface area contributed by atoms with E-state index in [0.29, 0.717) is 12.0 Å². The first-order valence-corrected chi connectivity index (χ1v) is 7.79. The van der Waals surface area contributed by atoms with Crippen molar-refractivity contribution in [3.05, 3.63) is 40.5 Å². The van der Waals surface area contributed by atoms with Gasteiger partial charge in [0, 0.05) is 35.2 Å². The Balaban J connectivity index is 2.19. The Hall–Kier alpha value is -0.970. The second kappa shape index (κ2) is 7.16. The molecular weight excluding hydrogens is 316 g/mol. The fourth-order valence-electron chi connectivity index (χ4n) is 2.39. The number of aromatic nitrogens is 1. The SMILES string of the molecule is CC(C)C(CCO)NCc1ccc(Br)c2cccnc12. The van der Waals surface area contributed by atoms with Gasteiger partial charge in [-0.05, 0) is 30.0 Å². The molecule has 1 unspecified atom stereocenters. The van der Waals surface area contributed by atoms with Crippen LogP contribution in [-0.4, -0.2) is 22.7 Å². The number of halogens is 1. The lowest BCUT2D eigenvalue weighted by Crippen LogP contribution is -2.34. The molecule has 1 aromatic heterocycles. The van der Waals surface area contributed by atoms with Crippen molar-refractivity contribution in [1.82, 2.24) is 10.3 Å². The van der Waals surface area contributed by atoms with Crippen LogP contribution in [0.15, 0.2) is 34.9 Å². The average molecular weight is 337 g/mol. The number of rotatable bonds is 6. The zero-order valence-corrected chi connectivity index (χ0v) is 13.5. The molecule has 0 aliphatic carbocycles. The van der Waals surface area contributed by atoms with Crippen LogP contribution in [-0.2, 0) is 6.54 Å². The highest BCUT2D eigenvalue weighted by Gasteiger charge is 2.13. The van der Waals surface area contributed by atoms with Crippen LogP contribution in [0.2, 0.25) is 0 Å². The predicted molar refractivity (Wildman–Crippen MR) is 86.6 cm³/mol. The maximum Gasteiger partial charge on any atom is 0.0758 e. The largest absolute Gasteiger partial charge is 0.396 e. The molecule has 4 heteroatoms. The summed E-state index contributed by atoms with van der Waals surface area (Å²) >= 11 is 3.57. The van der Waals surface area contributed by atoms with E-state index in [9.17, 15) is 0 Å². The van der Waals surface area contributed by atoms with Crippen molar-refractivity contribution in [1.29, 1.82) is 0 Å². The molecule has 0 bridgehead atoms. The van der Waals surface area contributed by atoms with Gasteiger partial charge in [-0.15, -0.1) is 0 Å². The second-order valence-corrected chi connectivity index (χ2v) is 6.20. The van der Waals surface area contributed by atoms with Gasteiger partial charge < -0.3 is 10.4 Å². The minimum atomic E-state index is 0.217. The lowest BCUT2D eigenvalue weighted by molar-refractivity contribution is 0.244. The molecular formula is C16H21BrN2O. The Morgan fingerprint density at radius 3 is 2.80 bits per heavy atom. The lowest BCUT2D eigenvalue weighted by atomic mass is 10.0. The summed E-state index contributed by atoms with van der Waals surface area (Å²) in [6.45, 7) is 5.33. The minimum absolute atomic E-state index is 0.217. The summed E-state index contributed by atoms with van der Waals surface area (Å²) in [6, 6.07) is 8.51. The number of nitrogens with one attached hydrogen (secondary N) is 1. The summed E-state index contributed by atoms with van der Waals surface area (Å²) in [4.78, 5) is 4.49. The fraction of sp³-hybridized carbons (Fsp3) is 0.438. The maximum atomic E-state index is 9.13. The summed E-state index contributed by atoms with van der Waals surface area (Å²) in [6.07, 6.45) is 2.60. The van der Waals surface area contributed by atoms with E-state index < -0.39 is 0 Å². The van der Waals surface area contributed by atoms with Crippen LogP contribution in [0.25, 0.3) is 10.9 Å². The molecule has 2 N–H and O–H groups in total. The Bertz CT molecular complexity index is 571. The van der Waals surface area contributed by atoms with Crippen LogP contribution in [0.5, 0.6) is 0 Å². The Morgan fingerprint density at radius 1 is 1.30 bits per heavy atom. The Labute approximate surface area is 128 Å². The van der Waals surface area contributed by atoms with Gasteiger partial charge >= 0.3 is 0 Å². The van der Waals surface area contributed by atoms with Crippen LogP contribution in [0.4, 0.5) is 0 Å². The van der Waals surface area contributed by atoms with Crippen molar-refractivity contribution in [2.75, 3.05) is 6.61 Å². The van der Waals surface area contributed by atoms with Gasteiger partial charge in [0.25, 0.3) is 0 Å². The number of hydrogen-bond acceptors (Lipinski definition) is 3. The van der Waals surface area contributed by atoms with E-state index in [2.05, 4.69) is 58.3 Å². The number of benzene rings is 1. The molecule has 0 amide bonds. The number of aliphatic hydroxyl groups is 1. The first-order valence-electron chi connectivity index (χ1n) is 7.00. The monoisotopic (exact) mass is 336 g/mol. The molecule has 0 saturated heterocycles. The highest BCUT2D eigenvalue weighted by atomic mass is 79.9. The normalized spacial score (nSPS) is 13.1. The van der Waals surface area contributed by atoms with Crippen LogP contribution < -0.4 is 5.32 Å². The van der Waals surface area contributed by atoms with E-state index >= 15 is 0 Å². The predicted octanol–water partition coefficient (Wildman–Crippen LogP) is 3.49. The molecule has 0 saturated carbocycles. The number of aliphatic hydroxyl groups excluding tert-OH is 1. The third-order valence-corrected chi connectivity index (χ3v) is 4.29. The third kappa shape index (κ3) is 3.57. The van der Waals surface area contributed by atoms with E-state index in [4.69, 9.17) is 5.11 Å². The summed E-state index contributed by atoms with van der Waals surface area (Å²) < 4.78 is 1.07. The van der Waals surface area contributed by atoms with Gasteiger partial charge in [-0.25, -0.2) is 0 Å². The van der Waals surface area contributed by atoms with Gasteiger partial charge in [0.15, 0.2) is 0 Å². The molecule has 20 heavy (non-hydrogen) atoms. The summed E-state index contributed by atoms with van der Waals surface area (Å²) in [5.74, 6) is 0.497. The van der Waals surface area contributed by atoms with Gasteiger partial charge in [0.05, 0.1) is 5.52 Å². The molecule has 1 heterocycles. The maximum absolute atomic E-state index is 9.13. The van der Waals surface area contributed by atoms with E-state index in [1.54, 1.807) is 0 Å². The molecule has 0 fully saturated rings. The van der Waals surface area contributed by atoms with Crippen LogP contribution >= 0.6 is 15.9 Å². The van der Waals surface area contributed by atoms with Gasteiger partial charge in [-0.1, -0.05) is 41.9 Å². The first-order chi connectivity index (χ1) is 9.63. The minimum Gasteiger partial charge on any atom is -0.396 e. The molecule has 1 atom stereocenters. The standard InChI is InChI=1S/C16H21BrN2O/c1-11(2)15(7-9-20)19-10-12-5-6-14(17)13-4-3-8-18-16(12)13/h3-6,8,11,15,19-20H,7,9-10H2,1-2H3. The van der Waals surface area contributed by atoms with Crippen LogP contribution in [0.1, 0.15) is 25.8 Å². The number of hydrogen-bond donors (Lipinski definition) is 2. The molecule has 0 aliphatic rings. The van der Waals surface area contributed by atoms with Gasteiger partial charge in [0.2, 0.25) is 0 Å². The highest BCUT2D eigenvalue weighted by molar-refractivity contribution is 9.10. The smallest absolute Gasteiger partial charge is 0.0758 e. The van der Waals surface area contributed by atoms with Gasteiger partial charge in [0.1, 0.15) is 0 Å². The van der Waals surface area contributed by atoms with Crippen molar-refractivity contribution < 1.29 is 5.11 Å². The van der Waals surface area contributed by atoms with Crippen molar-refractivity contribution >= 4 is 26.8 Å². The van der Waals surface area contributed by atoms with Crippen molar-refractivity contribution in [2.45, 2.75) is 32.9 Å². The Kier molecular flexibility index (Phi) is 5.52. The van der Waals surface area contributed by atoms with E-state index in [0.717, 1.165) is 28.3 Å². The van der Waals surface area contributed by atoms with Crippen LogP contribution in [0, 0.1) is 5.92 Å². The third-order valence-electron chi connectivity index (χ3n) is 3.60. The van der Waals surface area contributed by atoms with Crippen molar-refractivity contribution in [3.8, 4) is 0 Å². The molecule has 1 aromatic carbocycles. The van der Waals surface area contributed by atoms with Crippen molar-refractivity contribution in [2.24, 2.45) is 5.92 Å². The molecule has 2 aromatic rings. The topological polar surface area (TPSA) is 45.1 Å². The molecule has 2 rings (SSSR count). The zero-order valence-electron chi connectivity index (χ0n) is 11.9. The van der Waals surface area contributed by atoms with Crippen molar-refractivity contribution in [3.63, 3.8) is 0 Å². The summed E-state index contributed by atoms with van der Waals surface area (Å²) in [5, 5.41) is 13.8. The van der Waals surface area contributed by atoms with E-state index in [1.807, 2.05) is 12.3 Å². The summed E-state index contributed by atoms with van der Waals surface area (Å²) in [5.41, 5.74) is 2.22. The van der Waals surface area contributed by atoms with Crippen LogP contribution in [0.3, 0.4) is 0 Å². The number of nitrogens with zero attached hydrogens (tertiary/aromatic N) is 1. The van der Waals surface area contributed by atoms with Gasteiger partial charge in [-0.3, -0.25) is 4.98 Å².